The number of ether oxygens (including phenoxy) is 1. The summed E-state index contributed by atoms with van der Waals surface area (Å²) in [7, 11) is 0. The van der Waals surface area contributed by atoms with Crippen LogP contribution in [0.1, 0.15) is 23.2 Å². The van der Waals surface area contributed by atoms with Gasteiger partial charge in [-0.2, -0.15) is 0 Å². The third kappa shape index (κ3) is 6.31. The van der Waals surface area contributed by atoms with Gasteiger partial charge >= 0.3 is 0 Å². The molecule has 29 heavy (non-hydrogen) atoms. The number of benzene rings is 1. The minimum Gasteiger partial charge on any atom is -0.376 e. The monoisotopic (exact) mass is 441 g/mol. The standard InChI is InChI=1S/C18H24ClN5O4S/c19-11-5-3-10(4-6-11)16(26)22-14-15(20)23-18(24-17(14)27)29-9-13(25)21-8-12-2-1-7-28-12/h3-6,12,14-15,18,23H,1-2,7-9,20H2,(H,21,25)(H,22,26)(H,24,27). The van der Waals surface area contributed by atoms with E-state index in [4.69, 9.17) is 22.1 Å². The number of nitrogens with one attached hydrogen (secondary N) is 4. The van der Waals surface area contributed by atoms with E-state index in [9.17, 15) is 14.4 Å². The SMILES string of the molecule is NC1NC(SCC(=O)NCC2CCCO2)NC(=O)C1NC(=O)c1ccc(Cl)cc1. The van der Waals surface area contributed by atoms with Crippen LogP contribution in [0.2, 0.25) is 5.02 Å². The van der Waals surface area contributed by atoms with E-state index in [1.165, 1.54) is 11.8 Å². The van der Waals surface area contributed by atoms with E-state index in [0.29, 0.717) is 17.1 Å². The normalized spacial score (nSPS) is 26.6. The quantitative estimate of drug-likeness (QED) is 0.394. The van der Waals surface area contributed by atoms with Crippen molar-refractivity contribution in [1.29, 1.82) is 0 Å². The van der Waals surface area contributed by atoms with Gasteiger partial charge in [0.05, 0.1) is 18.0 Å². The highest BCUT2D eigenvalue weighted by Gasteiger charge is 2.35. The van der Waals surface area contributed by atoms with Crippen LogP contribution in [0, 0.1) is 0 Å². The van der Waals surface area contributed by atoms with E-state index in [1.54, 1.807) is 24.3 Å². The minimum absolute atomic E-state index is 0.0786. The second kappa shape index (κ2) is 10.3. The van der Waals surface area contributed by atoms with Crippen LogP contribution in [0.4, 0.5) is 0 Å². The van der Waals surface area contributed by atoms with E-state index in [0.717, 1.165) is 19.4 Å². The van der Waals surface area contributed by atoms with Crippen molar-refractivity contribution in [2.75, 3.05) is 18.9 Å². The van der Waals surface area contributed by atoms with Crippen LogP contribution in [0.3, 0.4) is 0 Å². The predicted octanol–water partition coefficient (Wildman–Crippen LogP) is -0.245. The number of thioether (sulfide) groups is 1. The molecule has 0 radical (unpaired) electrons. The topological polar surface area (TPSA) is 135 Å². The molecule has 6 N–H and O–H groups in total. The molecule has 1 aromatic rings. The molecule has 0 aromatic heterocycles. The van der Waals surface area contributed by atoms with Crippen molar-refractivity contribution in [3.8, 4) is 0 Å². The lowest BCUT2D eigenvalue weighted by Gasteiger charge is -2.35. The third-order valence-corrected chi connectivity index (χ3v) is 5.85. The fraction of sp³-hybridized carbons (Fsp3) is 0.500. The Labute approximate surface area is 177 Å². The summed E-state index contributed by atoms with van der Waals surface area (Å²) < 4.78 is 5.46. The van der Waals surface area contributed by atoms with Gasteiger partial charge in [0.25, 0.3) is 5.91 Å². The number of hydrogen-bond acceptors (Lipinski definition) is 7. The van der Waals surface area contributed by atoms with Gasteiger partial charge in [-0.05, 0) is 37.1 Å². The molecule has 2 fully saturated rings. The Kier molecular flexibility index (Phi) is 7.73. The van der Waals surface area contributed by atoms with Crippen molar-refractivity contribution in [3.63, 3.8) is 0 Å². The average molecular weight is 442 g/mol. The molecule has 2 saturated heterocycles. The Balaban J connectivity index is 1.43. The van der Waals surface area contributed by atoms with Crippen LogP contribution in [-0.2, 0) is 14.3 Å². The van der Waals surface area contributed by atoms with Crippen LogP contribution in [0.5, 0.6) is 0 Å². The first-order chi connectivity index (χ1) is 13.9. The molecule has 4 atom stereocenters. The van der Waals surface area contributed by atoms with Crippen molar-refractivity contribution in [2.24, 2.45) is 5.73 Å². The maximum atomic E-state index is 12.4. The van der Waals surface area contributed by atoms with Crippen LogP contribution < -0.4 is 27.0 Å². The number of amides is 3. The summed E-state index contributed by atoms with van der Waals surface area (Å²) in [5.74, 6) is -0.845. The molecule has 11 heteroatoms. The predicted molar refractivity (Wildman–Crippen MR) is 110 cm³/mol. The molecule has 3 amide bonds. The van der Waals surface area contributed by atoms with Crippen molar-refractivity contribution in [3.05, 3.63) is 34.9 Å². The zero-order valence-corrected chi connectivity index (χ0v) is 17.2. The number of carbonyl (C=O) groups excluding carboxylic acids is 3. The molecule has 1 aromatic carbocycles. The molecule has 2 aliphatic rings. The maximum absolute atomic E-state index is 12.4. The minimum atomic E-state index is -0.941. The fourth-order valence-corrected chi connectivity index (χ4v) is 4.01. The molecule has 4 unspecified atom stereocenters. The molecule has 0 spiro atoms. The molecule has 2 aliphatic heterocycles. The van der Waals surface area contributed by atoms with Gasteiger partial charge in [-0.25, -0.2) is 0 Å². The zero-order chi connectivity index (χ0) is 20.8. The van der Waals surface area contributed by atoms with Crippen molar-refractivity contribution >= 4 is 41.1 Å². The first-order valence-electron chi connectivity index (χ1n) is 9.31. The van der Waals surface area contributed by atoms with E-state index in [-0.39, 0.29) is 17.8 Å². The van der Waals surface area contributed by atoms with Crippen molar-refractivity contribution < 1.29 is 19.1 Å². The van der Waals surface area contributed by atoms with E-state index in [2.05, 4.69) is 21.3 Å². The van der Waals surface area contributed by atoms with Crippen LogP contribution >= 0.6 is 23.4 Å². The smallest absolute Gasteiger partial charge is 0.252 e. The summed E-state index contributed by atoms with van der Waals surface area (Å²) in [5, 5.41) is 11.6. The highest BCUT2D eigenvalue weighted by Crippen LogP contribution is 2.14. The molecular weight excluding hydrogens is 418 g/mol. The van der Waals surface area contributed by atoms with E-state index in [1.807, 2.05) is 0 Å². The summed E-state index contributed by atoms with van der Waals surface area (Å²) in [5.41, 5.74) is 5.86. The molecule has 2 heterocycles. The lowest BCUT2D eigenvalue weighted by molar-refractivity contribution is -0.126. The highest BCUT2D eigenvalue weighted by molar-refractivity contribution is 8.00. The summed E-state index contributed by atoms with van der Waals surface area (Å²) in [6.45, 7) is 1.23. The molecule has 3 rings (SSSR count). The molecule has 0 bridgehead atoms. The lowest BCUT2D eigenvalue weighted by atomic mass is 10.1. The van der Waals surface area contributed by atoms with Gasteiger partial charge in [-0.3, -0.25) is 19.7 Å². The van der Waals surface area contributed by atoms with Crippen LogP contribution in [0.25, 0.3) is 0 Å². The summed E-state index contributed by atoms with van der Waals surface area (Å²) in [6, 6.07) is 5.36. The number of carbonyl (C=O) groups is 3. The van der Waals surface area contributed by atoms with Gasteiger partial charge in [-0.15, -0.1) is 11.8 Å². The van der Waals surface area contributed by atoms with Crippen LogP contribution in [-0.4, -0.2) is 60.4 Å². The largest absolute Gasteiger partial charge is 0.376 e. The molecule has 158 valence electrons. The van der Waals surface area contributed by atoms with Crippen molar-refractivity contribution in [2.45, 2.75) is 36.7 Å². The van der Waals surface area contributed by atoms with Gasteiger partial charge in [0.2, 0.25) is 11.8 Å². The number of hydrogen-bond donors (Lipinski definition) is 5. The van der Waals surface area contributed by atoms with E-state index < -0.39 is 29.5 Å². The Bertz CT molecular complexity index is 744. The average Bonchev–Trinajstić information content (AvgIpc) is 3.21. The lowest BCUT2D eigenvalue weighted by Crippen LogP contribution is -2.70. The summed E-state index contributed by atoms with van der Waals surface area (Å²) >= 11 is 7.02. The zero-order valence-electron chi connectivity index (χ0n) is 15.7. The van der Waals surface area contributed by atoms with Gasteiger partial charge < -0.3 is 26.4 Å². The van der Waals surface area contributed by atoms with Gasteiger partial charge in [0, 0.05) is 23.7 Å². The Morgan fingerprint density at radius 1 is 1.31 bits per heavy atom. The number of halogens is 1. The van der Waals surface area contributed by atoms with Crippen molar-refractivity contribution in [1.82, 2.24) is 21.3 Å². The Morgan fingerprint density at radius 3 is 2.72 bits per heavy atom. The third-order valence-electron chi connectivity index (χ3n) is 4.58. The molecule has 0 saturated carbocycles. The number of nitrogens with two attached hydrogens (primary N) is 1. The second-order valence-electron chi connectivity index (χ2n) is 6.79. The molecular formula is C18H24ClN5O4S. The van der Waals surface area contributed by atoms with Gasteiger partial charge in [0.1, 0.15) is 11.5 Å². The first kappa shape index (κ1) is 21.8. The highest BCUT2D eigenvalue weighted by atomic mass is 35.5. The van der Waals surface area contributed by atoms with E-state index >= 15 is 0 Å². The van der Waals surface area contributed by atoms with Crippen LogP contribution in [0.15, 0.2) is 24.3 Å². The Morgan fingerprint density at radius 2 is 2.07 bits per heavy atom. The summed E-state index contributed by atoms with van der Waals surface area (Å²) in [6.07, 6.45) is 1.24. The molecule has 0 aliphatic carbocycles. The first-order valence-corrected chi connectivity index (χ1v) is 10.7. The van der Waals surface area contributed by atoms with Gasteiger partial charge in [-0.1, -0.05) is 11.6 Å². The molecule has 9 nitrogen and oxygen atoms in total. The Hall–Kier alpha value is -1.85. The maximum Gasteiger partial charge on any atom is 0.252 e. The fourth-order valence-electron chi connectivity index (χ4n) is 3.01. The number of rotatable bonds is 7. The second-order valence-corrected chi connectivity index (χ2v) is 8.32. The summed E-state index contributed by atoms with van der Waals surface area (Å²) in [4.78, 5) is 36.7. The van der Waals surface area contributed by atoms with Gasteiger partial charge in [0.15, 0.2) is 0 Å².